The van der Waals surface area contributed by atoms with Crippen LogP contribution in [0.1, 0.15) is 114 Å². The standard InChI is InChI=1S/C55H80N4O12Si2/c1-16-25-68-51(62)58-39-32-45(43(64-10)30-37(39)47(60)56-24-21-36(3)29-41(56)49(58)70-72(12,13)53(4,5)6)66-27-19-18-20-28-67-46-33-40-38(31-44(46)65-11)48(61)57-35-55(22-23-55)34-42(57)50(59(40)52(63)69-26-17-2)71-73(14,15)54(7,8)9/h16-17,30-33,41-42,49-50H,1-3,18-29,34-35H2,4-15H3/t41-,42-,49-,50-/m0/s1. The summed E-state index contributed by atoms with van der Waals surface area (Å²) in [5.41, 5.74) is 2.24. The van der Waals surface area contributed by atoms with Crippen molar-refractivity contribution in [2.45, 2.75) is 154 Å². The Kier molecular flexibility index (Phi) is 16.3. The fourth-order valence-corrected chi connectivity index (χ4v) is 12.1. The number of hydrogen-bond donors (Lipinski definition) is 0. The largest absolute Gasteiger partial charge is 0.493 e. The number of methoxy groups -OCH3 is 2. The van der Waals surface area contributed by atoms with Crippen LogP contribution in [0, 0.1) is 5.41 Å². The Morgan fingerprint density at radius 3 is 1.56 bits per heavy atom. The van der Waals surface area contributed by atoms with E-state index in [2.05, 4.69) is 87.5 Å². The molecule has 2 saturated heterocycles. The summed E-state index contributed by atoms with van der Waals surface area (Å²) in [6.07, 6.45) is 5.86. The SMILES string of the molecule is C=CCOC(=O)N1c2cc(OCCCCCOc3cc4c(cc3OC)C(=O)N3CC5(CC5)C[C@H]3[C@H](O[Si](C)(C)C(C)(C)C)N4C(=O)OCC=C)c(OC)cc2C(=O)N2CCC(=C)C[C@H]2[C@@H]1O[Si](C)(C)C(C)(C)C. The normalized spacial score (nSPS) is 21.6. The van der Waals surface area contributed by atoms with Gasteiger partial charge in [-0.25, -0.2) is 19.4 Å². The van der Waals surface area contributed by atoms with Gasteiger partial charge in [0, 0.05) is 25.2 Å². The maximum atomic E-state index is 14.7. The number of benzene rings is 2. The minimum absolute atomic E-state index is 0.0160. The number of rotatable bonds is 18. The van der Waals surface area contributed by atoms with E-state index < -0.39 is 47.3 Å². The summed E-state index contributed by atoms with van der Waals surface area (Å²) in [5, 5.41) is -0.400. The van der Waals surface area contributed by atoms with Crippen LogP contribution in [0.2, 0.25) is 36.3 Å². The number of carbonyl (C=O) groups excluding carboxylic acids is 4. The highest BCUT2D eigenvalue weighted by molar-refractivity contribution is 6.74. The molecule has 1 saturated carbocycles. The van der Waals surface area contributed by atoms with Crippen molar-refractivity contribution < 1.29 is 56.5 Å². The highest BCUT2D eigenvalue weighted by atomic mass is 28.4. The second kappa shape index (κ2) is 21.5. The van der Waals surface area contributed by atoms with Gasteiger partial charge in [0.15, 0.2) is 52.1 Å². The third-order valence-electron chi connectivity index (χ3n) is 16.1. The van der Waals surface area contributed by atoms with Crippen molar-refractivity contribution in [2.75, 3.05) is 63.5 Å². The number of anilines is 2. The van der Waals surface area contributed by atoms with Crippen molar-refractivity contribution in [2.24, 2.45) is 5.41 Å². The summed E-state index contributed by atoms with van der Waals surface area (Å²) >= 11 is 0. The molecule has 7 rings (SSSR count). The Morgan fingerprint density at radius 1 is 0.685 bits per heavy atom. The number of piperidine rings is 1. The predicted molar refractivity (Wildman–Crippen MR) is 287 cm³/mol. The number of nitrogens with zero attached hydrogens (tertiary/aromatic N) is 4. The molecule has 4 heterocycles. The average Bonchev–Trinajstić information content (AvgIpc) is 4.01. The van der Waals surface area contributed by atoms with E-state index in [4.69, 9.17) is 37.3 Å². The minimum Gasteiger partial charge on any atom is -0.493 e. The molecule has 1 spiro atoms. The molecule has 0 aromatic heterocycles. The van der Waals surface area contributed by atoms with E-state index in [0.717, 1.165) is 24.8 Å². The summed E-state index contributed by atoms with van der Waals surface area (Å²) in [5.74, 6) is 1.00. The van der Waals surface area contributed by atoms with Gasteiger partial charge < -0.3 is 47.1 Å². The van der Waals surface area contributed by atoms with E-state index in [1.165, 1.54) is 36.2 Å². The quantitative estimate of drug-likeness (QED) is 0.0792. The zero-order valence-electron chi connectivity index (χ0n) is 45.5. The van der Waals surface area contributed by atoms with Gasteiger partial charge in [-0.15, -0.1) is 0 Å². The molecule has 4 amide bonds. The lowest BCUT2D eigenvalue weighted by molar-refractivity contribution is 0.0348. The molecule has 0 N–H and O–H groups in total. The van der Waals surface area contributed by atoms with Gasteiger partial charge in [0.05, 0.1) is 62.0 Å². The maximum Gasteiger partial charge on any atom is 0.416 e. The van der Waals surface area contributed by atoms with Crippen LogP contribution in [-0.2, 0) is 18.3 Å². The molecular formula is C55H80N4O12Si2. The lowest BCUT2D eigenvalue weighted by Crippen LogP contribution is -2.60. The molecule has 400 valence electrons. The van der Waals surface area contributed by atoms with Crippen LogP contribution in [0.15, 0.2) is 61.7 Å². The highest BCUT2D eigenvalue weighted by Crippen LogP contribution is 2.58. The highest BCUT2D eigenvalue weighted by Gasteiger charge is 2.60. The van der Waals surface area contributed by atoms with Crippen molar-refractivity contribution >= 4 is 52.0 Å². The maximum absolute atomic E-state index is 14.7. The van der Waals surface area contributed by atoms with Gasteiger partial charge in [-0.3, -0.25) is 9.59 Å². The molecule has 2 aromatic carbocycles. The zero-order valence-corrected chi connectivity index (χ0v) is 47.5. The van der Waals surface area contributed by atoms with Crippen LogP contribution in [0.4, 0.5) is 21.0 Å². The van der Waals surface area contributed by atoms with Gasteiger partial charge in [-0.05, 0) is 105 Å². The van der Waals surface area contributed by atoms with Crippen molar-refractivity contribution in [1.82, 2.24) is 9.80 Å². The molecule has 4 aliphatic heterocycles. The molecular weight excluding hydrogens is 965 g/mol. The molecule has 1 aliphatic carbocycles. The summed E-state index contributed by atoms with van der Waals surface area (Å²) in [7, 11) is -2.05. The van der Waals surface area contributed by atoms with Crippen LogP contribution < -0.4 is 28.7 Å². The first kappa shape index (κ1) is 55.4. The number of hydrogen-bond acceptors (Lipinski definition) is 12. The Bertz CT molecular complexity index is 2460. The van der Waals surface area contributed by atoms with Gasteiger partial charge in [-0.1, -0.05) is 79.0 Å². The second-order valence-corrected chi connectivity index (χ2v) is 32.8. The lowest BCUT2D eigenvalue weighted by atomic mass is 9.96. The molecule has 0 radical (unpaired) electrons. The Labute approximate surface area is 435 Å². The Balaban J connectivity index is 1.11. The topological polar surface area (TPSA) is 155 Å². The number of unbranched alkanes of at least 4 members (excludes halogenated alkanes) is 2. The van der Waals surface area contributed by atoms with Crippen molar-refractivity contribution in [3.8, 4) is 23.0 Å². The van der Waals surface area contributed by atoms with Crippen molar-refractivity contribution in [3.63, 3.8) is 0 Å². The smallest absolute Gasteiger partial charge is 0.416 e. The fraction of sp³-hybridized carbons (Fsp3) is 0.600. The van der Waals surface area contributed by atoms with E-state index in [1.807, 2.05) is 4.90 Å². The third kappa shape index (κ3) is 11.4. The number of fused-ring (bicyclic) bond motifs is 4. The van der Waals surface area contributed by atoms with Gasteiger partial charge in [-0.2, -0.15) is 0 Å². The first-order valence-corrected chi connectivity index (χ1v) is 31.6. The Hall–Kier alpha value is -5.31. The molecule has 2 aromatic rings. The van der Waals surface area contributed by atoms with E-state index in [-0.39, 0.29) is 65.3 Å². The zero-order chi connectivity index (χ0) is 53.4. The van der Waals surface area contributed by atoms with Crippen LogP contribution in [-0.4, -0.2) is 129 Å². The van der Waals surface area contributed by atoms with Crippen LogP contribution in [0.3, 0.4) is 0 Å². The molecule has 4 atom stereocenters. The van der Waals surface area contributed by atoms with Crippen molar-refractivity contribution in [1.29, 1.82) is 0 Å². The molecule has 18 heteroatoms. The van der Waals surface area contributed by atoms with Gasteiger partial charge in [0.1, 0.15) is 13.2 Å². The number of ether oxygens (including phenoxy) is 6. The van der Waals surface area contributed by atoms with E-state index in [0.29, 0.717) is 85.1 Å². The minimum atomic E-state index is -2.57. The predicted octanol–water partition coefficient (Wildman–Crippen LogP) is 11.5. The Morgan fingerprint density at radius 2 is 1.14 bits per heavy atom. The molecule has 16 nitrogen and oxygen atoms in total. The van der Waals surface area contributed by atoms with Gasteiger partial charge in [0.25, 0.3) is 11.8 Å². The lowest BCUT2D eigenvalue weighted by Gasteiger charge is -2.47. The monoisotopic (exact) mass is 1040 g/mol. The van der Waals surface area contributed by atoms with Crippen LogP contribution >= 0.6 is 0 Å². The summed E-state index contributed by atoms with van der Waals surface area (Å²) in [4.78, 5) is 64.6. The second-order valence-electron chi connectivity index (χ2n) is 23.3. The number of carbonyl (C=O) groups is 4. The van der Waals surface area contributed by atoms with Crippen LogP contribution in [0.25, 0.3) is 0 Å². The molecule has 5 aliphatic rings. The molecule has 3 fully saturated rings. The molecule has 0 bridgehead atoms. The molecule has 73 heavy (non-hydrogen) atoms. The first-order valence-electron chi connectivity index (χ1n) is 25.8. The summed E-state index contributed by atoms with van der Waals surface area (Å²) in [6.45, 7) is 34.8. The van der Waals surface area contributed by atoms with Gasteiger partial charge >= 0.3 is 12.2 Å². The summed E-state index contributed by atoms with van der Waals surface area (Å²) in [6, 6.07) is 5.81. The van der Waals surface area contributed by atoms with E-state index in [1.54, 1.807) is 29.2 Å². The molecule has 0 unspecified atom stereocenters. The van der Waals surface area contributed by atoms with E-state index >= 15 is 0 Å². The van der Waals surface area contributed by atoms with E-state index in [9.17, 15) is 19.2 Å². The van der Waals surface area contributed by atoms with Crippen molar-refractivity contribution in [3.05, 3.63) is 72.9 Å². The van der Waals surface area contributed by atoms with Crippen LogP contribution in [0.5, 0.6) is 23.0 Å². The fourth-order valence-electron chi connectivity index (χ4n) is 9.65. The average molecular weight is 1050 g/mol. The summed E-state index contributed by atoms with van der Waals surface area (Å²) < 4.78 is 50.3. The first-order chi connectivity index (χ1) is 34.3. The number of amides is 4. The van der Waals surface area contributed by atoms with Gasteiger partial charge in [0.2, 0.25) is 0 Å². The third-order valence-corrected chi connectivity index (χ3v) is 25.0.